The van der Waals surface area contributed by atoms with Crippen LogP contribution < -0.4 is 15.0 Å². The van der Waals surface area contributed by atoms with E-state index in [-0.39, 0.29) is 23.4 Å². The van der Waals surface area contributed by atoms with E-state index in [2.05, 4.69) is 5.32 Å². The molecule has 6 nitrogen and oxygen atoms in total. The molecule has 2 saturated heterocycles. The summed E-state index contributed by atoms with van der Waals surface area (Å²) >= 11 is 1.25. The van der Waals surface area contributed by atoms with Gasteiger partial charge in [0.15, 0.2) is 0 Å². The Morgan fingerprint density at radius 3 is 2.71 bits per heavy atom. The van der Waals surface area contributed by atoms with Crippen molar-refractivity contribution in [3.05, 3.63) is 24.3 Å². The quantitative estimate of drug-likeness (QED) is 0.874. The lowest BCUT2D eigenvalue weighted by Crippen LogP contribution is -2.41. The van der Waals surface area contributed by atoms with Gasteiger partial charge in [0.1, 0.15) is 5.75 Å². The number of rotatable bonds is 5. The molecule has 0 radical (unpaired) electrons. The van der Waals surface area contributed by atoms with Gasteiger partial charge >= 0.3 is 0 Å². The molecule has 0 bridgehead atoms. The van der Waals surface area contributed by atoms with Crippen LogP contribution in [0.1, 0.15) is 19.8 Å². The van der Waals surface area contributed by atoms with Gasteiger partial charge in [0, 0.05) is 24.4 Å². The summed E-state index contributed by atoms with van der Waals surface area (Å²) in [6.45, 7) is 2.84. The Bertz CT molecular complexity index is 646. The normalized spacial score (nSPS) is 23.6. The lowest BCUT2D eigenvalue weighted by molar-refractivity contribution is -0.128. The highest BCUT2D eigenvalue weighted by Crippen LogP contribution is 2.27. The predicted molar refractivity (Wildman–Crippen MR) is 92.1 cm³/mol. The van der Waals surface area contributed by atoms with Crippen LogP contribution in [0.4, 0.5) is 5.69 Å². The molecule has 2 atom stereocenters. The number of benzene rings is 1. The summed E-state index contributed by atoms with van der Waals surface area (Å²) < 4.78 is 5.39. The van der Waals surface area contributed by atoms with E-state index in [1.54, 1.807) is 4.90 Å². The Labute approximate surface area is 144 Å². The van der Waals surface area contributed by atoms with Crippen molar-refractivity contribution >= 4 is 34.4 Å². The minimum absolute atomic E-state index is 0.0102. The summed E-state index contributed by atoms with van der Waals surface area (Å²) in [6, 6.07) is 6.86. The van der Waals surface area contributed by atoms with Gasteiger partial charge in [-0.05, 0) is 37.6 Å². The van der Waals surface area contributed by atoms with Crippen LogP contribution in [0.5, 0.6) is 5.75 Å². The fourth-order valence-corrected chi connectivity index (χ4v) is 3.87. The van der Waals surface area contributed by atoms with E-state index in [1.165, 1.54) is 11.8 Å². The van der Waals surface area contributed by atoms with E-state index < -0.39 is 12.0 Å². The molecule has 1 N–H and O–H groups in total. The number of amides is 2. The zero-order chi connectivity index (χ0) is 17.1. The Morgan fingerprint density at radius 1 is 1.33 bits per heavy atom. The monoisotopic (exact) mass is 348 g/mol. The zero-order valence-corrected chi connectivity index (χ0v) is 14.3. The van der Waals surface area contributed by atoms with Crippen LogP contribution in [0, 0.1) is 5.92 Å². The van der Waals surface area contributed by atoms with Gasteiger partial charge in [-0.2, -0.15) is 0 Å². The van der Waals surface area contributed by atoms with Crippen LogP contribution in [-0.4, -0.2) is 41.9 Å². The van der Waals surface area contributed by atoms with Gasteiger partial charge in [-0.25, -0.2) is 0 Å². The second kappa shape index (κ2) is 7.25. The van der Waals surface area contributed by atoms with Crippen LogP contribution >= 0.6 is 11.8 Å². The van der Waals surface area contributed by atoms with Crippen LogP contribution in [0.15, 0.2) is 24.3 Å². The number of anilines is 1. The Hall–Kier alpha value is -2.02. The molecule has 2 aliphatic heterocycles. The number of hydrogen-bond donors (Lipinski definition) is 1. The van der Waals surface area contributed by atoms with Gasteiger partial charge in [-0.1, -0.05) is 11.8 Å². The number of ether oxygens (including phenoxy) is 1. The van der Waals surface area contributed by atoms with Gasteiger partial charge in [-0.3, -0.25) is 14.4 Å². The molecule has 2 fully saturated rings. The molecule has 0 saturated carbocycles. The van der Waals surface area contributed by atoms with Gasteiger partial charge in [0.05, 0.1) is 18.6 Å². The number of nitrogens with zero attached hydrogens (tertiary/aromatic N) is 1. The Kier molecular flexibility index (Phi) is 5.08. The molecule has 2 aliphatic rings. The van der Waals surface area contributed by atoms with Crippen LogP contribution in [-0.2, 0) is 14.4 Å². The molecule has 128 valence electrons. The first-order valence-corrected chi connectivity index (χ1v) is 9.07. The number of carbonyl (C=O) groups is 3. The number of hydrogen-bond acceptors (Lipinski definition) is 5. The molecule has 0 spiro atoms. The van der Waals surface area contributed by atoms with Crippen molar-refractivity contribution < 1.29 is 19.1 Å². The van der Waals surface area contributed by atoms with Crippen molar-refractivity contribution in [3.63, 3.8) is 0 Å². The molecule has 3 rings (SSSR count). The average Bonchev–Trinajstić information content (AvgIpc) is 3.15. The van der Waals surface area contributed by atoms with Crippen molar-refractivity contribution in [1.82, 2.24) is 5.32 Å². The summed E-state index contributed by atoms with van der Waals surface area (Å²) in [7, 11) is 0. The molecule has 24 heavy (non-hydrogen) atoms. The maximum atomic E-state index is 12.3. The Morgan fingerprint density at radius 2 is 2.08 bits per heavy atom. The molecule has 2 heterocycles. The lowest BCUT2D eigenvalue weighted by atomic mass is 10.1. The first-order valence-electron chi connectivity index (χ1n) is 8.08. The minimum Gasteiger partial charge on any atom is -0.494 e. The second-order valence-electron chi connectivity index (χ2n) is 5.85. The van der Waals surface area contributed by atoms with E-state index >= 15 is 0 Å². The number of nitrogens with one attached hydrogen (secondary N) is 1. The highest BCUT2D eigenvalue weighted by molar-refractivity contribution is 8.14. The second-order valence-corrected chi connectivity index (χ2v) is 6.95. The van der Waals surface area contributed by atoms with Gasteiger partial charge in [0.25, 0.3) is 0 Å². The van der Waals surface area contributed by atoms with E-state index in [1.807, 2.05) is 31.2 Å². The van der Waals surface area contributed by atoms with Gasteiger partial charge < -0.3 is 15.0 Å². The summed E-state index contributed by atoms with van der Waals surface area (Å²) in [4.78, 5) is 37.8. The Balaban J connectivity index is 1.62. The van der Waals surface area contributed by atoms with E-state index in [0.29, 0.717) is 19.6 Å². The third-order valence-corrected chi connectivity index (χ3v) is 5.22. The van der Waals surface area contributed by atoms with Crippen LogP contribution in [0.2, 0.25) is 0 Å². The molecular formula is C17H20N2O4S. The van der Waals surface area contributed by atoms with E-state index in [9.17, 15) is 14.4 Å². The standard InChI is InChI=1S/C17H20N2O4S/c1-2-23-13-5-3-12(4-6-13)19-10-11(9-15(19)20)16(21)18-14-7-8-24-17(14)22/h3-6,11,14H,2,7-10H2,1H3,(H,18,21)/t11-,14+/m1/s1. The van der Waals surface area contributed by atoms with Crippen molar-refractivity contribution in [2.75, 3.05) is 23.8 Å². The zero-order valence-electron chi connectivity index (χ0n) is 13.5. The SMILES string of the molecule is CCOc1ccc(N2C[C@H](C(=O)N[C@H]3CCSC3=O)CC2=O)cc1. The molecule has 0 unspecified atom stereocenters. The van der Waals surface area contributed by atoms with Crippen LogP contribution in [0.25, 0.3) is 0 Å². The molecule has 2 amide bonds. The smallest absolute Gasteiger partial charge is 0.227 e. The van der Waals surface area contributed by atoms with E-state index in [0.717, 1.165) is 17.2 Å². The van der Waals surface area contributed by atoms with Crippen molar-refractivity contribution in [3.8, 4) is 5.75 Å². The maximum absolute atomic E-state index is 12.3. The van der Waals surface area contributed by atoms with Crippen molar-refractivity contribution in [1.29, 1.82) is 0 Å². The largest absolute Gasteiger partial charge is 0.494 e. The molecule has 7 heteroatoms. The number of thioether (sulfide) groups is 1. The van der Waals surface area contributed by atoms with Crippen molar-refractivity contribution in [2.24, 2.45) is 5.92 Å². The topological polar surface area (TPSA) is 75.7 Å². The highest BCUT2D eigenvalue weighted by Gasteiger charge is 2.37. The first-order chi connectivity index (χ1) is 11.6. The highest BCUT2D eigenvalue weighted by atomic mass is 32.2. The third-order valence-electron chi connectivity index (χ3n) is 4.21. The molecule has 1 aromatic rings. The number of carbonyl (C=O) groups excluding carboxylic acids is 3. The maximum Gasteiger partial charge on any atom is 0.227 e. The molecule has 0 aromatic heterocycles. The molecule has 1 aromatic carbocycles. The molecule has 0 aliphatic carbocycles. The molecular weight excluding hydrogens is 328 g/mol. The third kappa shape index (κ3) is 3.56. The fraction of sp³-hybridized carbons (Fsp3) is 0.471. The minimum atomic E-state index is -0.414. The van der Waals surface area contributed by atoms with Crippen LogP contribution in [0.3, 0.4) is 0 Å². The first kappa shape index (κ1) is 16.8. The summed E-state index contributed by atoms with van der Waals surface area (Å²) in [5.41, 5.74) is 0.756. The fourth-order valence-electron chi connectivity index (χ4n) is 2.94. The summed E-state index contributed by atoms with van der Waals surface area (Å²) in [6.07, 6.45) is 0.839. The summed E-state index contributed by atoms with van der Waals surface area (Å²) in [5, 5.41) is 2.79. The van der Waals surface area contributed by atoms with Crippen molar-refractivity contribution in [2.45, 2.75) is 25.8 Å². The van der Waals surface area contributed by atoms with Gasteiger partial charge in [-0.15, -0.1) is 0 Å². The van der Waals surface area contributed by atoms with Gasteiger partial charge in [0.2, 0.25) is 16.9 Å². The lowest BCUT2D eigenvalue weighted by Gasteiger charge is -2.18. The van der Waals surface area contributed by atoms with E-state index in [4.69, 9.17) is 4.74 Å². The average molecular weight is 348 g/mol. The predicted octanol–water partition coefficient (Wildman–Crippen LogP) is 1.59. The summed E-state index contributed by atoms with van der Waals surface area (Å²) in [5.74, 6) is 0.789.